The van der Waals surface area contributed by atoms with Gasteiger partial charge in [-0.15, -0.1) is 0 Å². The van der Waals surface area contributed by atoms with Gasteiger partial charge in [-0.05, 0) is 35.9 Å². The van der Waals surface area contributed by atoms with Gasteiger partial charge in [0.15, 0.2) is 18.1 Å². The van der Waals surface area contributed by atoms with Gasteiger partial charge in [0.25, 0.3) is 5.91 Å². The highest BCUT2D eigenvalue weighted by atomic mass is 79.9. The van der Waals surface area contributed by atoms with Crippen molar-refractivity contribution < 1.29 is 19.0 Å². The Morgan fingerprint density at radius 1 is 1.17 bits per heavy atom. The lowest BCUT2D eigenvalue weighted by atomic mass is 10.2. The van der Waals surface area contributed by atoms with Crippen molar-refractivity contribution in [3.8, 4) is 17.2 Å². The fourth-order valence-electron chi connectivity index (χ4n) is 1.84. The molecule has 0 aromatic heterocycles. The number of carbonyl (C=O) groups excluding carboxylic acids is 1. The van der Waals surface area contributed by atoms with Crippen molar-refractivity contribution in [1.82, 2.24) is 5.43 Å². The minimum Gasteiger partial charge on any atom is -0.497 e. The molecule has 1 amide bonds. The zero-order valence-corrected chi connectivity index (χ0v) is 14.9. The average molecular weight is 393 g/mol. The van der Waals surface area contributed by atoms with E-state index in [9.17, 15) is 4.79 Å². The van der Waals surface area contributed by atoms with Crippen LogP contribution in [0.3, 0.4) is 0 Å². The Morgan fingerprint density at radius 2 is 2.00 bits per heavy atom. The topological polar surface area (TPSA) is 69.2 Å². The molecule has 7 heteroatoms. The molecule has 6 nitrogen and oxygen atoms in total. The van der Waals surface area contributed by atoms with Crippen molar-refractivity contribution in [3.63, 3.8) is 0 Å². The summed E-state index contributed by atoms with van der Waals surface area (Å²) < 4.78 is 16.6. The molecule has 0 radical (unpaired) electrons. The molecule has 0 saturated heterocycles. The first-order chi connectivity index (χ1) is 11.6. The SMILES string of the molecule is COc1cccc(C=NNC(=O)COc2ccc(Br)cc2OC)c1. The third kappa shape index (κ3) is 5.27. The molecule has 24 heavy (non-hydrogen) atoms. The molecule has 2 rings (SSSR count). The lowest BCUT2D eigenvalue weighted by Crippen LogP contribution is -2.24. The van der Waals surface area contributed by atoms with Crippen molar-refractivity contribution >= 4 is 28.1 Å². The Kier molecular flexibility index (Phi) is 6.62. The minimum absolute atomic E-state index is 0.173. The number of nitrogens with zero attached hydrogens (tertiary/aromatic N) is 1. The third-order valence-corrected chi connectivity index (χ3v) is 3.47. The van der Waals surface area contributed by atoms with Crippen molar-refractivity contribution in [2.75, 3.05) is 20.8 Å². The maximum absolute atomic E-state index is 11.8. The molecule has 0 spiro atoms. The van der Waals surface area contributed by atoms with Gasteiger partial charge in [-0.2, -0.15) is 5.10 Å². The Balaban J connectivity index is 1.86. The van der Waals surface area contributed by atoms with Gasteiger partial charge in [0.05, 0.1) is 20.4 Å². The lowest BCUT2D eigenvalue weighted by Gasteiger charge is -2.10. The number of nitrogens with one attached hydrogen (secondary N) is 1. The van der Waals surface area contributed by atoms with E-state index in [1.165, 1.54) is 13.3 Å². The summed E-state index contributed by atoms with van der Waals surface area (Å²) in [6.45, 7) is -0.173. The zero-order valence-electron chi connectivity index (χ0n) is 13.3. The molecular formula is C17H17BrN2O4. The predicted molar refractivity (Wildman–Crippen MR) is 94.9 cm³/mol. The molecule has 0 bridgehead atoms. The summed E-state index contributed by atoms with van der Waals surface area (Å²) in [5.74, 6) is 1.36. The van der Waals surface area contributed by atoms with Crippen LogP contribution in [0, 0.1) is 0 Å². The maximum Gasteiger partial charge on any atom is 0.277 e. The quantitative estimate of drug-likeness (QED) is 0.580. The summed E-state index contributed by atoms with van der Waals surface area (Å²) in [7, 11) is 3.12. The number of rotatable bonds is 7. The van der Waals surface area contributed by atoms with Crippen LogP contribution in [-0.4, -0.2) is 32.9 Å². The van der Waals surface area contributed by atoms with Crippen molar-refractivity contribution in [2.24, 2.45) is 5.10 Å². The van der Waals surface area contributed by atoms with Gasteiger partial charge in [0, 0.05) is 4.47 Å². The summed E-state index contributed by atoms with van der Waals surface area (Å²) in [6.07, 6.45) is 1.53. The van der Waals surface area contributed by atoms with E-state index in [1.807, 2.05) is 18.2 Å². The summed E-state index contributed by atoms with van der Waals surface area (Å²) in [6, 6.07) is 12.6. The van der Waals surface area contributed by atoms with Crippen LogP contribution in [0.2, 0.25) is 0 Å². The van der Waals surface area contributed by atoms with Gasteiger partial charge < -0.3 is 14.2 Å². The number of hydrogen-bond acceptors (Lipinski definition) is 5. The number of hydrazone groups is 1. The minimum atomic E-state index is -0.376. The summed E-state index contributed by atoms with van der Waals surface area (Å²) in [4.78, 5) is 11.8. The van der Waals surface area contributed by atoms with Crippen molar-refractivity contribution in [2.45, 2.75) is 0 Å². The highest BCUT2D eigenvalue weighted by Gasteiger charge is 2.07. The van der Waals surface area contributed by atoms with Gasteiger partial charge in [0.2, 0.25) is 0 Å². The highest BCUT2D eigenvalue weighted by molar-refractivity contribution is 9.10. The van der Waals surface area contributed by atoms with Gasteiger partial charge in [-0.3, -0.25) is 4.79 Å². The molecule has 0 aliphatic rings. The molecule has 0 aliphatic heterocycles. The second-order valence-corrected chi connectivity index (χ2v) is 5.57. The van der Waals surface area contributed by atoms with E-state index in [-0.39, 0.29) is 12.5 Å². The first-order valence-electron chi connectivity index (χ1n) is 7.04. The Labute approximate surface area is 148 Å². The monoisotopic (exact) mass is 392 g/mol. The molecule has 2 aromatic rings. The molecule has 0 unspecified atom stereocenters. The third-order valence-electron chi connectivity index (χ3n) is 2.98. The number of hydrogen-bond donors (Lipinski definition) is 1. The van der Waals surface area contributed by atoms with E-state index in [4.69, 9.17) is 14.2 Å². The van der Waals surface area contributed by atoms with Gasteiger partial charge >= 0.3 is 0 Å². The summed E-state index contributed by atoms with van der Waals surface area (Å²) >= 11 is 3.34. The molecule has 0 fully saturated rings. The number of benzene rings is 2. The van der Waals surface area contributed by atoms with E-state index in [0.717, 1.165) is 15.8 Å². The van der Waals surface area contributed by atoms with Gasteiger partial charge in [0.1, 0.15) is 5.75 Å². The number of ether oxygens (including phenoxy) is 3. The molecule has 0 heterocycles. The van der Waals surface area contributed by atoms with Crippen LogP contribution < -0.4 is 19.6 Å². The molecule has 0 atom stereocenters. The van der Waals surface area contributed by atoms with Crippen LogP contribution in [0.25, 0.3) is 0 Å². The summed E-state index contributed by atoms with van der Waals surface area (Å²) in [5, 5.41) is 3.89. The summed E-state index contributed by atoms with van der Waals surface area (Å²) in [5.41, 5.74) is 3.21. The fourth-order valence-corrected chi connectivity index (χ4v) is 2.18. The van der Waals surface area contributed by atoms with Crippen molar-refractivity contribution in [1.29, 1.82) is 0 Å². The Bertz CT molecular complexity index is 734. The Hall–Kier alpha value is -2.54. The molecule has 0 aliphatic carbocycles. The molecular weight excluding hydrogens is 376 g/mol. The van der Waals surface area contributed by atoms with E-state index in [2.05, 4.69) is 26.5 Å². The van der Waals surface area contributed by atoms with E-state index in [0.29, 0.717) is 11.5 Å². The number of carbonyl (C=O) groups is 1. The van der Waals surface area contributed by atoms with Crippen LogP contribution in [0.4, 0.5) is 0 Å². The fraction of sp³-hybridized carbons (Fsp3) is 0.176. The van der Waals surface area contributed by atoms with Crippen LogP contribution in [0.5, 0.6) is 17.2 Å². The van der Waals surface area contributed by atoms with Crippen LogP contribution in [-0.2, 0) is 4.79 Å². The average Bonchev–Trinajstić information content (AvgIpc) is 2.60. The molecule has 1 N–H and O–H groups in total. The number of methoxy groups -OCH3 is 2. The smallest absolute Gasteiger partial charge is 0.277 e. The number of halogens is 1. The largest absolute Gasteiger partial charge is 0.497 e. The van der Waals surface area contributed by atoms with Crippen LogP contribution >= 0.6 is 15.9 Å². The number of amides is 1. The molecule has 0 saturated carbocycles. The van der Waals surface area contributed by atoms with Crippen molar-refractivity contribution in [3.05, 3.63) is 52.5 Å². The lowest BCUT2D eigenvalue weighted by molar-refractivity contribution is -0.123. The standard InChI is InChI=1S/C17H17BrN2O4/c1-22-14-5-3-4-12(8-14)10-19-20-17(21)11-24-15-7-6-13(18)9-16(15)23-2/h3-10H,11H2,1-2H3,(H,20,21). The van der Waals surface area contributed by atoms with E-state index in [1.54, 1.807) is 31.4 Å². The first-order valence-corrected chi connectivity index (χ1v) is 7.84. The van der Waals surface area contributed by atoms with Gasteiger partial charge in [-0.25, -0.2) is 5.43 Å². The predicted octanol–water partition coefficient (Wildman–Crippen LogP) is 3.00. The zero-order chi connectivity index (χ0) is 17.4. The van der Waals surface area contributed by atoms with Crippen LogP contribution in [0.1, 0.15) is 5.56 Å². The van der Waals surface area contributed by atoms with Crippen LogP contribution in [0.15, 0.2) is 52.0 Å². The second-order valence-electron chi connectivity index (χ2n) is 4.65. The second kappa shape index (κ2) is 8.93. The molecule has 2 aromatic carbocycles. The first kappa shape index (κ1) is 17.8. The van der Waals surface area contributed by atoms with E-state index < -0.39 is 0 Å². The van der Waals surface area contributed by atoms with E-state index >= 15 is 0 Å². The molecule has 126 valence electrons. The normalized spacial score (nSPS) is 10.5. The van der Waals surface area contributed by atoms with Gasteiger partial charge in [-0.1, -0.05) is 28.1 Å². The highest BCUT2D eigenvalue weighted by Crippen LogP contribution is 2.29. The maximum atomic E-state index is 11.8. The Morgan fingerprint density at radius 3 is 2.75 bits per heavy atom.